The Bertz CT molecular complexity index is 958. The van der Waals surface area contributed by atoms with Crippen LogP contribution in [0.5, 0.6) is 5.75 Å². The third kappa shape index (κ3) is 4.00. The SMILES string of the molecule is COc1cc(N2CCOCC2)ccc1NC(=O)c1c(C)cc(C2CCC2)oc1=O. The van der Waals surface area contributed by atoms with Crippen molar-refractivity contribution >= 4 is 17.3 Å². The van der Waals surface area contributed by atoms with E-state index >= 15 is 0 Å². The number of methoxy groups -OCH3 is 1. The normalized spacial score (nSPS) is 17.0. The van der Waals surface area contributed by atoms with Crippen molar-refractivity contribution < 1.29 is 18.7 Å². The van der Waals surface area contributed by atoms with Crippen LogP contribution < -0.4 is 20.6 Å². The predicted molar refractivity (Wildman–Crippen MR) is 110 cm³/mol. The van der Waals surface area contributed by atoms with E-state index in [1.165, 1.54) is 0 Å². The molecule has 1 amide bonds. The smallest absolute Gasteiger partial charge is 0.349 e. The molecular formula is C22H26N2O5. The van der Waals surface area contributed by atoms with Crippen LogP contribution in [0.15, 0.2) is 33.5 Å². The molecule has 1 aliphatic heterocycles. The van der Waals surface area contributed by atoms with Gasteiger partial charge in [-0.15, -0.1) is 0 Å². The lowest BCUT2D eigenvalue weighted by atomic mass is 9.83. The highest BCUT2D eigenvalue weighted by atomic mass is 16.5. The second-order valence-electron chi connectivity index (χ2n) is 7.56. The molecule has 1 saturated heterocycles. The quantitative estimate of drug-likeness (QED) is 0.832. The molecule has 2 fully saturated rings. The van der Waals surface area contributed by atoms with Crippen molar-refractivity contribution in [1.29, 1.82) is 0 Å². The number of morpholine rings is 1. The van der Waals surface area contributed by atoms with Gasteiger partial charge in [0.1, 0.15) is 17.1 Å². The maximum absolute atomic E-state index is 12.8. The van der Waals surface area contributed by atoms with Gasteiger partial charge >= 0.3 is 5.63 Å². The zero-order valence-electron chi connectivity index (χ0n) is 16.8. The van der Waals surface area contributed by atoms with Gasteiger partial charge in [-0.3, -0.25) is 4.79 Å². The topological polar surface area (TPSA) is 81.0 Å². The minimum absolute atomic E-state index is 0.0346. The molecule has 0 radical (unpaired) electrons. The number of aryl methyl sites for hydroxylation is 1. The highest BCUT2D eigenvalue weighted by Gasteiger charge is 2.25. The zero-order chi connectivity index (χ0) is 20.4. The first-order valence-electron chi connectivity index (χ1n) is 10.0. The van der Waals surface area contributed by atoms with Crippen LogP contribution in [0.2, 0.25) is 0 Å². The lowest BCUT2D eigenvalue weighted by molar-refractivity contribution is 0.102. The Morgan fingerprint density at radius 2 is 1.97 bits per heavy atom. The van der Waals surface area contributed by atoms with Crippen molar-refractivity contribution in [2.45, 2.75) is 32.1 Å². The van der Waals surface area contributed by atoms with E-state index in [0.29, 0.717) is 41.9 Å². The monoisotopic (exact) mass is 398 g/mol. The summed E-state index contributed by atoms with van der Waals surface area (Å²) >= 11 is 0. The van der Waals surface area contributed by atoms with Crippen LogP contribution >= 0.6 is 0 Å². The molecule has 0 bridgehead atoms. The summed E-state index contributed by atoms with van der Waals surface area (Å²) in [7, 11) is 1.56. The van der Waals surface area contributed by atoms with Crippen LogP contribution in [0.3, 0.4) is 0 Å². The number of carbonyl (C=O) groups excluding carboxylic acids is 1. The summed E-state index contributed by atoms with van der Waals surface area (Å²) in [6.45, 7) is 4.76. The van der Waals surface area contributed by atoms with Crippen LogP contribution in [-0.4, -0.2) is 39.3 Å². The van der Waals surface area contributed by atoms with E-state index in [1.54, 1.807) is 20.1 Å². The van der Waals surface area contributed by atoms with Crippen molar-refractivity contribution in [2.24, 2.45) is 0 Å². The van der Waals surface area contributed by atoms with Crippen LogP contribution in [-0.2, 0) is 4.74 Å². The Hall–Kier alpha value is -2.80. The molecule has 2 aliphatic rings. The average molecular weight is 398 g/mol. The zero-order valence-corrected chi connectivity index (χ0v) is 16.8. The van der Waals surface area contributed by atoms with E-state index in [2.05, 4.69) is 10.2 Å². The Kier molecular flexibility index (Phi) is 5.58. The summed E-state index contributed by atoms with van der Waals surface area (Å²) < 4.78 is 16.3. The number of amides is 1. The van der Waals surface area contributed by atoms with Gasteiger partial charge in [-0.25, -0.2) is 4.79 Å². The summed E-state index contributed by atoms with van der Waals surface area (Å²) in [6, 6.07) is 7.43. The molecule has 7 heteroatoms. The van der Waals surface area contributed by atoms with E-state index in [1.807, 2.05) is 18.2 Å². The molecule has 1 saturated carbocycles. The van der Waals surface area contributed by atoms with E-state index < -0.39 is 11.5 Å². The molecule has 1 aliphatic carbocycles. The first kappa shape index (κ1) is 19.5. The maximum Gasteiger partial charge on any atom is 0.349 e. The van der Waals surface area contributed by atoms with Crippen LogP contribution in [0.1, 0.15) is 46.9 Å². The first-order valence-corrected chi connectivity index (χ1v) is 10.0. The van der Waals surface area contributed by atoms with Gasteiger partial charge in [0.2, 0.25) is 0 Å². The highest BCUT2D eigenvalue weighted by Crippen LogP contribution is 2.36. The Labute approximate surface area is 169 Å². The number of nitrogens with zero attached hydrogens (tertiary/aromatic N) is 1. The molecule has 0 atom stereocenters. The van der Waals surface area contributed by atoms with E-state index in [4.69, 9.17) is 13.9 Å². The number of rotatable bonds is 5. The van der Waals surface area contributed by atoms with E-state index in [-0.39, 0.29) is 5.56 Å². The Morgan fingerprint density at radius 1 is 1.21 bits per heavy atom. The summed E-state index contributed by atoms with van der Waals surface area (Å²) in [4.78, 5) is 27.5. The third-order valence-corrected chi connectivity index (χ3v) is 5.71. The lowest BCUT2D eigenvalue weighted by Gasteiger charge is -2.29. The molecule has 29 heavy (non-hydrogen) atoms. The average Bonchev–Trinajstić information content (AvgIpc) is 2.67. The fraction of sp³-hybridized carbons (Fsp3) is 0.455. The maximum atomic E-state index is 12.8. The number of benzene rings is 1. The largest absolute Gasteiger partial charge is 0.494 e. The molecule has 1 aromatic heterocycles. The number of nitrogens with one attached hydrogen (secondary N) is 1. The van der Waals surface area contributed by atoms with Crippen molar-refractivity contribution in [1.82, 2.24) is 0 Å². The van der Waals surface area contributed by atoms with E-state index in [9.17, 15) is 9.59 Å². The number of carbonyl (C=O) groups is 1. The standard InChI is InChI=1S/C22H26N2O5/c1-14-12-18(15-4-3-5-15)29-22(26)20(14)21(25)23-17-7-6-16(13-19(17)27-2)24-8-10-28-11-9-24/h6-7,12-13,15H,3-5,8-11H2,1-2H3,(H,23,25). The van der Waals surface area contributed by atoms with Gasteiger partial charge in [-0.2, -0.15) is 0 Å². The van der Waals surface area contributed by atoms with Crippen molar-refractivity contribution in [3.63, 3.8) is 0 Å². The summed E-state index contributed by atoms with van der Waals surface area (Å²) in [5.74, 6) is 1.03. The minimum Gasteiger partial charge on any atom is -0.494 e. The van der Waals surface area contributed by atoms with Gasteiger partial charge in [-0.1, -0.05) is 6.42 Å². The highest BCUT2D eigenvalue weighted by molar-refractivity contribution is 6.05. The van der Waals surface area contributed by atoms with Crippen molar-refractivity contribution in [2.75, 3.05) is 43.6 Å². The molecule has 154 valence electrons. The molecule has 4 rings (SSSR count). The molecule has 0 spiro atoms. The van der Waals surface area contributed by atoms with Gasteiger partial charge in [0.25, 0.3) is 5.91 Å². The molecule has 7 nitrogen and oxygen atoms in total. The van der Waals surface area contributed by atoms with Crippen LogP contribution in [0, 0.1) is 6.92 Å². The Balaban J connectivity index is 1.55. The number of ether oxygens (including phenoxy) is 2. The molecule has 0 unspecified atom stereocenters. The number of anilines is 2. The van der Waals surface area contributed by atoms with Crippen molar-refractivity contribution in [3.8, 4) is 5.75 Å². The molecule has 2 heterocycles. The number of hydrogen-bond acceptors (Lipinski definition) is 6. The lowest BCUT2D eigenvalue weighted by Crippen LogP contribution is -2.36. The first-order chi connectivity index (χ1) is 14.1. The Morgan fingerprint density at radius 3 is 2.59 bits per heavy atom. The summed E-state index contributed by atoms with van der Waals surface area (Å²) in [5.41, 5.74) is 1.59. The molecular weight excluding hydrogens is 372 g/mol. The molecule has 2 aromatic rings. The van der Waals surface area contributed by atoms with Gasteiger partial charge < -0.3 is 24.1 Å². The van der Waals surface area contributed by atoms with Crippen LogP contribution in [0.25, 0.3) is 0 Å². The molecule has 1 aromatic carbocycles. The fourth-order valence-corrected chi connectivity index (χ4v) is 3.79. The summed E-state index contributed by atoms with van der Waals surface area (Å²) in [6.07, 6.45) is 3.21. The van der Waals surface area contributed by atoms with E-state index in [0.717, 1.165) is 38.0 Å². The predicted octanol–water partition coefficient (Wildman–Crippen LogP) is 3.31. The van der Waals surface area contributed by atoms with Crippen molar-refractivity contribution in [3.05, 3.63) is 51.6 Å². The van der Waals surface area contributed by atoms with Gasteiger partial charge in [0, 0.05) is 30.8 Å². The third-order valence-electron chi connectivity index (χ3n) is 5.71. The summed E-state index contributed by atoms with van der Waals surface area (Å²) in [5, 5.41) is 2.80. The van der Waals surface area contributed by atoms with Crippen LogP contribution in [0.4, 0.5) is 11.4 Å². The fourth-order valence-electron chi connectivity index (χ4n) is 3.79. The number of hydrogen-bond donors (Lipinski definition) is 1. The molecule has 1 N–H and O–H groups in total. The van der Waals surface area contributed by atoms with Gasteiger partial charge in [-0.05, 0) is 43.5 Å². The minimum atomic E-state index is -0.590. The van der Waals surface area contributed by atoms with Gasteiger partial charge in [0.05, 0.1) is 26.0 Å². The van der Waals surface area contributed by atoms with Gasteiger partial charge in [0.15, 0.2) is 0 Å². The second kappa shape index (κ2) is 8.29. The second-order valence-corrected chi connectivity index (χ2v) is 7.56.